The van der Waals surface area contributed by atoms with Gasteiger partial charge in [-0.3, -0.25) is 0 Å². The number of furan rings is 1. The molecule has 9 rings (SSSR count). The van der Waals surface area contributed by atoms with Crippen molar-refractivity contribution in [2.24, 2.45) is 0 Å². The average Bonchev–Trinajstić information content (AvgIpc) is 3.55. The Morgan fingerprint density at radius 2 is 0.979 bits per heavy atom. The summed E-state index contributed by atoms with van der Waals surface area (Å²) in [5, 5.41) is 3.39. The Kier molecular flexibility index (Phi) is 6.80. The Balaban J connectivity index is 1.13. The number of hydrogen-bond donors (Lipinski definition) is 0. The number of nitrogens with zero attached hydrogens (tertiary/aromatic N) is 2. The summed E-state index contributed by atoms with van der Waals surface area (Å²) < 4.78 is 6.21. The molecule has 48 heavy (non-hydrogen) atoms. The van der Waals surface area contributed by atoms with Gasteiger partial charge in [0.2, 0.25) is 0 Å². The first kappa shape index (κ1) is 27.8. The van der Waals surface area contributed by atoms with Gasteiger partial charge in [0.15, 0.2) is 5.58 Å². The number of rotatable bonds is 6. The average molecular weight is 615 g/mol. The van der Waals surface area contributed by atoms with Crippen LogP contribution in [0, 0.1) is 0 Å². The normalized spacial score (nSPS) is 11.3. The summed E-state index contributed by atoms with van der Waals surface area (Å²) in [6.45, 7) is 0. The van der Waals surface area contributed by atoms with E-state index < -0.39 is 0 Å². The topological polar surface area (TPSA) is 29.3 Å². The van der Waals surface area contributed by atoms with Gasteiger partial charge in [-0.2, -0.15) is 0 Å². The third-order valence-corrected chi connectivity index (χ3v) is 9.07. The molecule has 2 heterocycles. The second kappa shape index (κ2) is 11.7. The van der Waals surface area contributed by atoms with Crippen LogP contribution in [-0.2, 0) is 0 Å². The van der Waals surface area contributed by atoms with Crippen molar-refractivity contribution in [1.29, 1.82) is 0 Å². The van der Waals surface area contributed by atoms with Crippen LogP contribution in [-0.4, -0.2) is 4.98 Å². The van der Waals surface area contributed by atoms with Crippen molar-refractivity contribution in [1.82, 2.24) is 4.98 Å². The summed E-state index contributed by atoms with van der Waals surface area (Å²) >= 11 is 0. The fourth-order valence-electron chi connectivity index (χ4n) is 6.69. The number of hydrogen-bond acceptors (Lipinski definition) is 3. The summed E-state index contributed by atoms with van der Waals surface area (Å²) in [7, 11) is 0. The number of anilines is 3. The lowest BCUT2D eigenvalue weighted by atomic mass is 10.0. The highest BCUT2D eigenvalue weighted by Crippen LogP contribution is 2.39. The maximum atomic E-state index is 6.21. The highest BCUT2D eigenvalue weighted by molar-refractivity contribution is 6.17. The fourth-order valence-corrected chi connectivity index (χ4v) is 6.69. The zero-order chi connectivity index (χ0) is 31.9. The van der Waals surface area contributed by atoms with E-state index >= 15 is 0 Å². The van der Waals surface area contributed by atoms with E-state index in [0.29, 0.717) is 0 Å². The number of pyridine rings is 1. The van der Waals surface area contributed by atoms with Crippen LogP contribution >= 0.6 is 0 Å². The summed E-state index contributed by atoms with van der Waals surface area (Å²) in [5.74, 6) is 0. The molecule has 0 saturated carbocycles. The van der Waals surface area contributed by atoms with Crippen molar-refractivity contribution >= 4 is 49.9 Å². The molecule has 0 aliphatic rings. The van der Waals surface area contributed by atoms with Crippen molar-refractivity contribution in [2.75, 3.05) is 4.90 Å². The molecular weight excluding hydrogens is 585 g/mol. The summed E-state index contributed by atoms with van der Waals surface area (Å²) in [4.78, 5) is 7.47. The van der Waals surface area contributed by atoms with Crippen molar-refractivity contribution in [3.05, 3.63) is 182 Å². The first-order valence-corrected chi connectivity index (χ1v) is 16.2. The first-order chi connectivity index (χ1) is 23.8. The molecule has 0 unspecified atom stereocenters. The predicted molar refractivity (Wildman–Crippen MR) is 200 cm³/mol. The van der Waals surface area contributed by atoms with Gasteiger partial charge < -0.3 is 9.32 Å². The number of fused-ring (bicyclic) bond motifs is 5. The van der Waals surface area contributed by atoms with Gasteiger partial charge in [0, 0.05) is 22.6 Å². The molecule has 0 fully saturated rings. The Bertz CT molecular complexity index is 2540. The molecular formula is C45H30N2O. The highest BCUT2D eigenvalue weighted by Gasteiger charge is 2.16. The van der Waals surface area contributed by atoms with Crippen molar-refractivity contribution in [2.45, 2.75) is 0 Å². The molecule has 0 aliphatic carbocycles. The van der Waals surface area contributed by atoms with E-state index in [2.05, 4.69) is 169 Å². The molecule has 3 nitrogen and oxygen atoms in total. The smallest absolute Gasteiger partial charge is 0.153 e. The zero-order valence-corrected chi connectivity index (χ0v) is 26.1. The Labute approximate surface area is 279 Å². The lowest BCUT2D eigenvalue weighted by Crippen LogP contribution is -2.10. The summed E-state index contributed by atoms with van der Waals surface area (Å²) in [6.07, 6.45) is 0. The van der Waals surface area contributed by atoms with E-state index in [4.69, 9.17) is 9.40 Å². The van der Waals surface area contributed by atoms with Crippen LogP contribution in [0.15, 0.2) is 186 Å². The quantitative estimate of drug-likeness (QED) is 0.187. The maximum Gasteiger partial charge on any atom is 0.153 e. The Morgan fingerprint density at radius 1 is 0.396 bits per heavy atom. The largest absolute Gasteiger partial charge is 0.454 e. The van der Waals surface area contributed by atoms with E-state index in [1.165, 1.54) is 27.6 Å². The van der Waals surface area contributed by atoms with Crippen LogP contribution < -0.4 is 4.90 Å². The van der Waals surface area contributed by atoms with Crippen molar-refractivity contribution in [3.8, 4) is 33.5 Å². The Morgan fingerprint density at radius 3 is 1.71 bits per heavy atom. The van der Waals surface area contributed by atoms with Crippen LogP contribution in [0.25, 0.3) is 66.4 Å². The molecule has 0 amide bonds. The number of benzene rings is 7. The van der Waals surface area contributed by atoms with Crippen molar-refractivity contribution in [3.63, 3.8) is 0 Å². The lowest BCUT2D eigenvalue weighted by molar-refractivity contribution is 0.668. The van der Waals surface area contributed by atoms with E-state index in [1.807, 2.05) is 18.2 Å². The number of aromatic nitrogens is 1. The van der Waals surface area contributed by atoms with Gasteiger partial charge in [-0.05, 0) is 87.6 Å². The van der Waals surface area contributed by atoms with E-state index in [0.717, 1.165) is 55.8 Å². The predicted octanol–water partition coefficient (Wildman–Crippen LogP) is 12.6. The second-order valence-electron chi connectivity index (χ2n) is 12.0. The van der Waals surface area contributed by atoms with E-state index in [1.54, 1.807) is 0 Å². The Hall–Kier alpha value is -6.45. The standard InChI is InChI=1S/C45H30N2O/c1-3-10-31(11-4-1)33-18-23-37(24-19-33)47(39-16-9-15-36(30-39)32-12-5-2-6-13-32)38-25-20-35(21-26-38)41-27-29-43-45(46-41)44-40-17-8-7-14-34(40)22-28-42(44)48-43/h1-30H. The van der Waals surface area contributed by atoms with Gasteiger partial charge in [0.25, 0.3) is 0 Å². The van der Waals surface area contributed by atoms with Gasteiger partial charge in [0.05, 0.1) is 11.1 Å². The van der Waals surface area contributed by atoms with E-state index in [9.17, 15) is 0 Å². The minimum absolute atomic E-state index is 0.796. The second-order valence-corrected chi connectivity index (χ2v) is 12.0. The lowest BCUT2D eigenvalue weighted by Gasteiger charge is -2.26. The van der Waals surface area contributed by atoms with Gasteiger partial charge in [-0.15, -0.1) is 0 Å². The van der Waals surface area contributed by atoms with Crippen LogP contribution in [0.5, 0.6) is 0 Å². The molecule has 7 aromatic carbocycles. The molecule has 9 aromatic rings. The van der Waals surface area contributed by atoms with Gasteiger partial charge in [-0.25, -0.2) is 4.98 Å². The molecule has 3 heteroatoms. The molecule has 2 aromatic heterocycles. The highest BCUT2D eigenvalue weighted by atomic mass is 16.3. The molecule has 0 radical (unpaired) electrons. The fraction of sp³-hybridized carbons (Fsp3) is 0. The van der Waals surface area contributed by atoms with Crippen LogP contribution in [0.1, 0.15) is 0 Å². The minimum atomic E-state index is 0.796. The van der Waals surface area contributed by atoms with Gasteiger partial charge in [0.1, 0.15) is 11.1 Å². The molecule has 0 aliphatic heterocycles. The van der Waals surface area contributed by atoms with Gasteiger partial charge >= 0.3 is 0 Å². The summed E-state index contributed by atoms with van der Waals surface area (Å²) in [5.41, 5.74) is 12.5. The molecule has 0 N–H and O–H groups in total. The molecule has 0 saturated heterocycles. The molecule has 226 valence electrons. The first-order valence-electron chi connectivity index (χ1n) is 16.2. The van der Waals surface area contributed by atoms with Crippen LogP contribution in [0.4, 0.5) is 17.1 Å². The monoisotopic (exact) mass is 614 g/mol. The van der Waals surface area contributed by atoms with Crippen LogP contribution in [0.3, 0.4) is 0 Å². The maximum absolute atomic E-state index is 6.21. The molecule has 0 spiro atoms. The van der Waals surface area contributed by atoms with Crippen LogP contribution in [0.2, 0.25) is 0 Å². The zero-order valence-electron chi connectivity index (χ0n) is 26.1. The SMILES string of the molecule is c1ccc(-c2ccc(N(c3ccc(-c4ccc5oc6ccc7ccccc7c6c5n4)cc3)c3cccc(-c4ccccc4)c3)cc2)cc1. The van der Waals surface area contributed by atoms with E-state index in [-0.39, 0.29) is 0 Å². The molecule has 0 bridgehead atoms. The van der Waals surface area contributed by atoms with Gasteiger partial charge in [-0.1, -0.05) is 127 Å². The summed E-state index contributed by atoms with van der Waals surface area (Å²) in [6, 6.07) is 63.9. The third-order valence-electron chi connectivity index (χ3n) is 9.07. The minimum Gasteiger partial charge on any atom is -0.454 e. The van der Waals surface area contributed by atoms with Crippen molar-refractivity contribution < 1.29 is 4.42 Å². The third kappa shape index (κ3) is 4.99. The molecule has 0 atom stereocenters.